The Kier molecular flexibility index (Phi) is 8.88. The molecule has 4 N–H and O–H groups in total. The van der Waals surface area contributed by atoms with E-state index < -0.39 is 17.6 Å². The van der Waals surface area contributed by atoms with Crippen LogP contribution in [0, 0.1) is 0 Å². The molecule has 0 spiro atoms. The van der Waals surface area contributed by atoms with Gasteiger partial charge in [0.1, 0.15) is 0 Å². The Morgan fingerprint density at radius 3 is 0.905 bits per heavy atom. The summed E-state index contributed by atoms with van der Waals surface area (Å²) in [4.78, 5) is 46.9. The molecule has 0 saturated carbocycles. The molecule has 120 valence electrons. The van der Waals surface area contributed by atoms with Gasteiger partial charge >= 0.3 is 129 Å². The topological polar surface area (TPSA) is 116 Å². The zero-order valence-electron chi connectivity index (χ0n) is 13.0. The van der Waals surface area contributed by atoms with Crippen molar-refractivity contribution in [1.29, 1.82) is 0 Å². The Morgan fingerprint density at radius 1 is 0.571 bits per heavy atom. The maximum absolute atomic E-state index is 11.7. The van der Waals surface area contributed by atoms with E-state index in [0.29, 0.717) is 0 Å². The van der Waals surface area contributed by atoms with Gasteiger partial charge in [0.2, 0.25) is 0 Å². The second-order valence-electron chi connectivity index (χ2n) is 4.36. The third-order valence-corrected chi connectivity index (χ3v) is 6.68. The fraction of sp³-hybridized carbons (Fsp3) is 0.667. The SMILES string of the molecule is CCC(=O)[NH][Ti]([NH]C(=O)CC)([NH]C(=O)CC)[NH]C(=O)CC. The van der Waals surface area contributed by atoms with Crippen molar-refractivity contribution in [2.45, 2.75) is 53.4 Å². The summed E-state index contributed by atoms with van der Waals surface area (Å²) >= 11 is -4.13. The van der Waals surface area contributed by atoms with Crippen LogP contribution in [0.2, 0.25) is 0 Å². The quantitative estimate of drug-likeness (QED) is 0.463. The van der Waals surface area contributed by atoms with Crippen LogP contribution >= 0.6 is 0 Å². The molecule has 0 rings (SSSR count). The van der Waals surface area contributed by atoms with Crippen molar-refractivity contribution in [1.82, 2.24) is 15.2 Å². The summed E-state index contributed by atoms with van der Waals surface area (Å²) in [6.45, 7) is 6.58. The van der Waals surface area contributed by atoms with E-state index in [9.17, 15) is 19.2 Å². The van der Waals surface area contributed by atoms with Crippen LogP contribution in [0.5, 0.6) is 0 Å². The molecule has 0 heterocycles. The minimum atomic E-state index is -4.13. The van der Waals surface area contributed by atoms with Crippen LogP contribution in [0.1, 0.15) is 53.4 Å². The van der Waals surface area contributed by atoms with Crippen molar-refractivity contribution in [2.75, 3.05) is 0 Å². The summed E-state index contributed by atoms with van der Waals surface area (Å²) in [7, 11) is 0. The van der Waals surface area contributed by atoms with Crippen LogP contribution in [0.25, 0.3) is 0 Å². The first-order chi connectivity index (χ1) is 9.82. The summed E-state index contributed by atoms with van der Waals surface area (Å²) in [5.41, 5.74) is 0. The van der Waals surface area contributed by atoms with E-state index in [1.807, 2.05) is 0 Å². The monoisotopic (exact) mass is 336 g/mol. The second kappa shape index (κ2) is 9.52. The number of amides is 4. The van der Waals surface area contributed by atoms with Gasteiger partial charge in [-0.3, -0.25) is 0 Å². The molecule has 0 aromatic carbocycles. The number of carbonyl (C=O) groups is 4. The van der Waals surface area contributed by atoms with Crippen LogP contribution in [0.15, 0.2) is 0 Å². The number of rotatable bonds is 8. The molecule has 9 heteroatoms. The van der Waals surface area contributed by atoms with Gasteiger partial charge in [0.15, 0.2) is 0 Å². The average Bonchev–Trinajstić information content (AvgIpc) is 2.46. The van der Waals surface area contributed by atoms with Crippen molar-refractivity contribution >= 4 is 23.6 Å². The van der Waals surface area contributed by atoms with Gasteiger partial charge in [-0.25, -0.2) is 0 Å². The van der Waals surface area contributed by atoms with E-state index in [4.69, 9.17) is 0 Å². The molecule has 0 radical (unpaired) electrons. The van der Waals surface area contributed by atoms with Gasteiger partial charge < -0.3 is 0 Å². The number of hydrogen-bond acceptors (Lipinski definition) is 4. The van der Waals surface area contributed by atoms with Crippen molar-refractivity contribution in [2.24, 2.45) is 0 Å². The van der Waals surface area contributed by atoms with Gasteiger partial charge in [0, 0.05) is 0 Å². The van der Waals surface area contributed by atoms with Gasteiger partial charge in [0.25, 0.3) is 0 Å². The Balaban J connectivity index is 5.43. The van der Waals surface area contributed by atoms with Gasteiger partial charge in [-0.2, -0.15) is 0 Å². The third kappa shape index (κ3) is 7.24. The van der Waals surface area contributed by atoms with Gasteiger partial charge in [-0.1, -0.05) is 0 Å². The predicted molar refractivity (Wildman–Crippen MR) is 73.7 cm³/mol. The average molecular weight is 336 g/mol. The Bertz CT molecular complexity index is 337. The van der Waals surface area contributed by atoms with Crippen LogP contribution < -0.4 is 15.2 Å². The molecule has 0 saturated heterocycles. The molecular formula is C12H24N4O4Ti. The van der Waals surface area contributed by atoms with Gasteiger partial charge in [0.05, 0.1) is 0 Å². The Labute approximate surface area is 129 Å². The zero-order chi connectivity index (χ0) is 16.5. The molecule has 0 bridgehead atoms. The molecule has 0 aromatic rings. The van der Waals surface area contributed by atoms with Crippen LogP contribution in [0.4, 0.5) is 0 Å². The zero-order valence-corrected chi connectivity index (χ0v) is 14.5. The van der Waals surface area contributed by atoms with E-state index in [0.717, 1.165) is 0 Å². The molecule has 0 aromatic heterocycles. The third-order valence-electron chi connectivity index (χ3n) is 2.59. The summed E-state index contributed by atoms with van der Waals surface area (Å²) < 4.78 is 10.5. The molecular weight excluding hydrogens is 312 g/mol. The first-order valence-electron chi connectivity index (χ1n) is 7.06. The normalized spacial score (nSPS) is 10.5. The van der Waals surface area contributed by atoms with Gasteiger partial charge in [-0.05, 0) is 0 Å². The Morgan fingerprint density at radius 2 is 0.762 bits per heavy atom. The van der Waals surface area contributed by atoms with E-state index in [-0.39, 0.29) is 49.3 Å². The second-order valence-corrected chi connectivity index (χ2v) is 8.26. The molecule has 4 amide bonds. The van der Waals surface area contributed by atoms with Crippen molar-refractivity contribution in [3.63, 3.8) is 0 Å². The summed E-state index contributed by atoms with van der Waals surface area (Å²) in [6, 6.07) is 0. The molecule has 21 heavy (non-hydrogen) atoms. The fourth-order valence-electron chi connectivity index (χ4n) is 1.38. The molecule has 0 atom stereocenters. The molecule has 8 nitrogen and oxygen atoms in total. The summed E-state index contributed by atoms with van der Waals surface area (Å²) in [5.74, 6) is -1.39. The minimum absolute atomic E-state index is 0.180. The van der Waals surface area contributed by atoms with Crippen LogP contribution in [-0.2, 0) is 36.8 Å². The Hall–Kier alpha value is -1.41. The van der Waals surface area contributed by atoms with Crippen molar-refractivity contribution < 1.29 is 36.8 Å². The molecule has 0 aliphatic rings. The number of carbonyl (C=O) groups excluding carboxylic acids is 4. The molecule has 0 unspecified atom stereocenters. The first-order valence-corrected chi connectivity index (χ1v) is 10.2. The van der Waals surface area contributed by atoms with Gasteiger partial charge in [-0.15, -0.1) is 0 Å². The van der Waals surface area contributed by atoms with E-state index in [1.54, 1.807) is 27.7 Å². The van der Waals surface area contributed by atoms with Crippen LogP contribution in [-0.4, -0.2) is 23.6 Å². The molecule has 0 aliphatic heterocycles. The molecule has 0 fully saturated rings. The summed E-state index contributed by atoms with van der Waals surface area (Å²) in [5, 5.41) is 0. The standard InChI is InChI=1S/4C3H7NO.Ti/c4*1-2-3(4)5;/h4*2H2,1H3,(H2,4,5);/q;;;;+4/p-4. The predicted octanol–water partition coefficient (Wildman–Crippen LogP) is -0.0949. The van der Waals surface area contributed by atoms with E-state index >= 15 is 0 Å². The van der Waals surface area contributed by atoms with Crippen LogP contribution in [0.3, 0.4) is 0 Å². The van der Waals surface area contributed by atoms with Crippen molar-refractivity contribution in [3.8, 4) is 0 Å². The van der Waals surface area contributed by atoms with E-state index in [2.05, 4.69) is 15.2 Å². The maximum atomic E-state index is 11.7. The van der Waals surface area contributed by atoms with E-state index in [1.165, 1.54) is 0 Å². The number of hydrogen-bond donors (Lipinski definition) is 4. The fourth-order valence-corrected chi connectivity index (χ4v) is 5.68. The number of nitrogens with one attached hydrogen (secondary N) is 4. The molecule has 0 aliphatic carbocycles. The first kappa shape index (κ1) is 19.6. The summed E-state index contributed by atoms with van der Waals surface area (Å²) in [6.07, 6.45) is 0.718. The van der Waals surface area contributed by atoms with Crippen molar-refractivity contribution in [3.05, 3.63) is 0 Å².